The van der Waals surface area contributed by atoms with Crippen LogP contribution in [0.2, 0.25) is 0 Å². The van der Waals surface area contributed by atoms with Gasteiger partial charge < -0.3 is 15.5 Å². The number of hydrogen-bond acceptors (Lipinski definition) is 8. The number of benzene rings is 1. The fraction of sp³-hybridized carbons (Fsp3) is 0.600. The van der Waals surface area contributed by atoms with Gasteiger partial charge >= 0.3 is 0 Å². The minimum Gasteiger partial charge on any atom is -0.398 e. The zero-order chi connectivity index (χ0) is 36.6. The van der Waals surface area contributed by atoms with Crippen molar-refractivity contribution in [1.82, 2.24) is 29.5 Å². The highest BCUT2D eigenvalue weighted by molar-refractivity contribution is 5.63. The van der Waals surface area contributed by atoms with Gasteiger partial charge in [0.1, 0.15) is 29.6 Å². The largest absolute Gasteiger partial charge is 0.398 e. The van der Waals surface area contributed by atoms with Crippen LogP contribution in [0.3, 0.4) is 0 Å². The van der Waals surface area contributed by atoms with Crippen LogP contribution in [0.4, 0.5) is 20.3 Å². The van der Waals surface area contributed by atoms with E-state index in [4.69, 9.17) is 15.7 Å². The summed E-state index contributed by atoms with van der Waals surface area (Å²) in [5.74, 6) is 1.87. The van der Waals surface area contributed by atoms with Crippen molar-refractivity contribution in [2.24, 2.45) is 0 Å². The Hall–Kier alpha value is -4.04. The first-order chi connectivity index (χ1) is 24.4. The molecular formula is C40H55F2N9. The minimum absolute atomic E-state index is 0.153. The number of halogens is 2. The topological polar surface area (TPSA) is 103 Å². The number of aromatic nitrogens is 4. The maximum Gasteiger partial charge on any atom is 0.175 e. The summed E-state index contributed by atoms with van der Waals surface area (Å²) in [6.07, 6.45) is 7.61. The van der Waals surface area contributed by atoms with Gasteiger partial charge in [0.2, 0.25) is 0 Å². The van der Waals surface area contributed by atoms with Crippen LogP contribution in [0, 0.1) is 17.1 Å². The molecule has 0 amide bonds. The maximum absolute atomic E-state index is 15.7. The number of fused-ring (bicyclic) bond motifs is 3. The van der Waals surface area contributed by atoms with E-state index in [9.17, 15) is 9.65 Å². The summed E-state index contributed by atoms with van der Waals surface area (Å²) in [5, 5.41) is 14.7. The zero-order valence-corrected chi connectivity index (χ0v) is 31.4. The highest BCUT2D eigenvalue weighted by atomic mass is 19.1. The SMILES string of the molecule is C=C(c1nn2c(c1F)CN(c1nc(CC)nc3c1CCC(c1c(C(C)CC)ccc(N)c1C#N)C3)CCC2)N(C)C.CC12CCCN1CC(F)C2. The summed E-state index contributed by atoms with van der Waals surface area (Å²) in [6, 6.07) is 6.39. The fourth-order valence-corrected chi connectivity index (χ4v) is 8.64. The van der Waals surface area contributed by atoms with Gasteiger partial charge in [-0.25, -0.2) is 18.7 Å². The van der Waals surface area contributed by atoms with Gasteiger partial charge in [-0.15, -0.1) is 0 Å². The molecule has 4 atom stereocenters. The first kappa shape index (κ1) is 36.7. The van der Waals surface area contributed by atoms with E-state index in [2.05, 4.69) is 61.3 Å². The number of rotatable bonds is 7. The number of anilines is 2. The van der Waals surface area contributed by atoms with Crippen LogP contribution < -0.4 is 10.6 Å². The molecule has 0 radical (unpaired) electrons. The average Bonchev–Trinajstić information content (AvgIpc) is 3.66. The molecule has 0 saturated carbocycles. The zero-order valence-electron chi connectivity index (χ0n) is 31.4. The molecule has 3 aromatic rings. The lowest BCUT2D eigenvalue weighted by Crippen LogP contribution is -2.34. The van der Waals surface area contributed by atoms with Crippen molar-refractivity contribution in [3.05, 3.63) is 69.7 Å². The standard InChI is InChI=1S/C32H41FN8.C8H14FN/c1-7-19(3)22-12-13-25(35)24(17-34)29(22)21-10-11-23-26(16-21)36-28(8-2)37-32(23)40-14-9-15-41-27(18-40)30(33)31(38-41)20(4)39(5)6;1-8-3-2-4-10(8)6-7(9)5-8/h12-13,19,21H,4,7-11,14-16,18,35H2,1-3,5-6H3;7H,2-6H2,1H3. The van der Waals surface area contributed by atoms with E-state index in [1.54, 1.807) is 9.58 Å². The Kier molecular flexibility index (Phi) is 10.7. The van der Waals surface area contributed by atoms with Gasteiger partial charge in [0.05, 0.1) is 29.2 Å². The first-order valence-electron chi connectivity index (χ1n) is 18.9. The number of hydrogen-bond donors (Lipinski definition) is 1. The monoisotopic (exact) mass is 699 g/mol. The van der Waals surface area contributed by atoms with Crippen molar-refractivity contribution < 1.29 is 8.78 Å². The minimum atomic E-state index is -0.551. The van der Waals surface area contributed by atoms with E-state index in [-0.39, 0.29) is 17.3 Å². The van der Waals surface area contributed by atoms with Gasteiger partial charge in [-0.05, 0) is 93.9 Å². The van der Waals surface area contributed by atoms with E-state index in [0.717, 1.165) is 80.1 Å². The van der Waals surface area contributed by atoms with Gasteiger partial charge in [-0.3, -0.25) is 9.58 Å². The molecule has 1 aliphatic carbocycles. The number of nitriles is 1. The van der Waals surface area contributed by atoms with Gasteiger partial charge in [0, 0.05) is 56.9 Å². The van der Waals surface area contributed by atoms with Crippen molar-refractivity contribution in [3.8, 4) is 6.07 Å². The summed E-state index contributed by atoms with van der Waals surface area (Å²) < 4.78 is 30.3. The van der Waals surface area contributed by atoms with E-state index >= 15 is 4.39 Å². The molecule has 0 bridgehead atoms. The summed E-state index contributed by atoms with van der Waals surface area (Å²) in [5.41, 5.74) is 13.6. The lowest BCUT2D eigenvalue weighted by atomic mass is 9.76. The van der Waals surface area contributed by atoms with Gasteiger partial charge in [-0.1, -0.05) is 33.4 Å². The molecule has 0 spiro atoms. The third-order valence-corrected chi connectivity index (χ3v) is 11.8. The van der Waals surface area contributed by atoms with E-state index in [1.165, 1.54) is 18.4 Å². The molecule has 11 heteroatoms. The average molecular weight is 700 g/mol. The van der Waals surface area contributed by atoms with Gasteiger partial charge in [-0.2, -0.15) is 10.4 Å². The van der Waals surface area contributed by atoms with Crippen molar-refractivity contribution in [1.29, 1.82) is 5.26 Å². The maximum atomic E-state index is 15.7. The van der Waals surface area contributed by atoms with Crippen molar-refractivity contribution in [2.45, 2.75) is 122 Å². The van der Waals surface area contributed by atoms with E-state index < -0.39 is 6.17 Å². The molecule has 2 saturated heterocycles. The number of alkyl halides is 1. The number of nitrogens with zero attached hydrogens (tertiary/aromatic N) is 8. The Morgan fingerprint density at radius 3 is 2.67 bits per heavy atom. The van der Waals surface area contributed by atoms with Crippen LogP contribution in [0.15, 0.2) is 18.7 Å². The van der Waals surface area contributed by atoms with Crippen LogP contribution in [0.25, 0.3) is 5.70 Å². The number of nitrogen functional groups attached to an aromatic ring is 1. The smallest absolute Gasteiger partial charge is 0.175 e. The fourth-order valence-electron chi connectivity index (χ4n) is 8.64. The molecule has 2 fully saturated rings. The number of aryl methyl sites for hydroxylation is 2. The van der Waals surface area contributed by atoms with Crippen LogP contribution in [0.1, 0.15) is 123 Å². The van der Waals surface area contributed by atoms with Crippen molar-refractivity contribution in [3.63, 3.8) is 0 Å². The van der Waals surface area contributed by atoms with E-state index in [0.29, 0.717) is 60.3 Å². The Morgan fingerprint density at radius 2 is 1.98 bits per heavy atom. The highest BCUT2D eigenvalue weighted by Crippen LogP contribution is 2.42. The summed E-state index contributed by atoms with van der Waals surface area (Å²) >= 11 is 0. The van der Waals surface area contributed by atoms with E-state index in [1.807, 2.05) is 20.2 Å². The molecule has 3 aliphatic heterocycles. The lowest BCUT2D eigenvalue weighted by molar-refractivity contribution is 0.217. The third kappa shape index (κ3) is 7.09. The molecule has 9 nitrogen and oxygen atoms in total. The second-order valence-corrected chi connectivity index (χ2v) is 15.4. The normalized spacial score (nSPS) is 23.3. The van der Waals surface area contributed by atoms with Crippen molar-refractivity contribution >= 4 is 17.2 Å². The van der Waals surface area contributed by atoms with Crippen molar-refractivity contribution in [2.75, 3.05) is 44.4 Å². The summed E-state index contributed by atoms with van der Waals surface area (Å²) in [4.78, 5) is 16.3. The molecule has 4 unspecified atom stereocenters. The Bertz CT molecular complexity index is 1810. The molecule has 5 heterocycles. The van der Waals surface area contributed by atoms with Gasteiger partial charge in [0.15, 0.2) is 5.82 Å². The molecule has 51 heavy (non-hydrogen) atoms. The molecule has 1 aromatic carbocycles. The third-order valence-electron chi connectivity index (χ3n) is 11.8. The summed E-state index contributed by atoms with van der Waals surface area (Å²) in [6.45, 7) is 16.3. The second-order valence-electron chi connectivity index (χ2n) is 15.4. The summed E-state index contributed by atoms with van der Waals surface area (Å²) in [7, 11) is 3.70. The lowest BCUT2D eigenvalue weighted by Gasteiger charge is -2.32. The predicted octanol–water partition coefficient (Wildman–Crippen LogP) is 7.14. The molecule has 4 aliphatic rings. The molecule has 274 valence electrons. The molecular weight excluding hydrogens is 644 g/mol. The predicted molar refractivity (Wildman–Crippen MR) is 200 cm³/mol. The number of nitrogens with two attached hydrogens (primary N) is 1. The van der Waals surface area contributed by atoms with Crippen LogP contribution in [-0.2, 0) is 32.4 Å². The molecule has 7 rings (SSSR count). The Labute approximate surface area is 302 Å². The van der Waals surface area contributed by atoms with Gasteiger partial charge in [0.25, 0.3) is 0 Å². The van der Waals surface area contributed by atoms with Crippen LogP contribution in [-0.4, -0.2) is 75.0 Å². The highest BCUT2D eigenvalue weighted by Gasteiger charge is 2.44. The van der Waals surface area contributed by atoms with Crippen LogP contribution in [0.5, 0.6) is 0 Å². The molecule has 2 aromatic heterocycles. The quantitative estimate of drug-likeness (QED) is 0.260. The first-order valence-corrected chi connectivity index (χ1v) is 18.9. The van der Waals surface area contributed by atoms with Crippen LogP contribution >= 0.6 is 0 Å². The Balaban J connectivity index is 0.000000381. The Morgan fingerprint density at radius 1 is 1.20 bits per heavy atom. The second kappa shape index (κ2) is 14.9. The molecule has 2 N–H and O–H groups in total.